The highest BCUT2D eigenvalue weighted by Gasteiger charge is 2.22. The van der Waals surface area contributed by atoms with E-state index >= 15 is 4.39 Å². The molecule has 0 spiro atoms. The van der Waals surface area contributed by atoms with Crippen LogP contribution in [0.3, 0.4) is 0 Å². The molecule has 1 atom stereocenters. The Bertz CT molecular complexity index is 1460. The van der Waals surface area contributed by atoms with Gasteiger partial charge in [-0.1, -0.05) is 53.2 Å². The molecule has 0 saturated carbocycles. The number of nitrogens with zero attached hydrogens (tertiary/aromatic N) is 2. The molecular weight excluding hydrogens is 486 g/mol. The number of hydrogen-bond donors (Lipinski definition) is 2. The summed E-state index contributed by atoms with van der Waals surface area (Å²) in [5.41, 5.74) is 3.62. The Balaban J connectivity index is 1.73. The molecule has 0 aliphatic heterocycles. The van der Waals surface area contributed by atoms with Crippen molar-refractivity contribution in [3.8, 4) is 11.1 Å². The summed E-state index contributed by atoms with van der Waals surface area (Å²) in [6.07, 6.45) is 1.79. The third-order valence-electron chi connectivity index (χ3n) is 5.93. The van der Waals surface area contributed by atoms with Gasteiger partial charge in [0.2, 0.25) is 0 Å². The van der Waals surface area contributed by atoms with Crippen molar-refractivity contribution in [1.82, 2.24) is 4.98 Å². The zero-order chi connectivity index (χ0) is 25.8. The Labute approximate surface area is 211 Å². The largest absolute Gasteiger partial charge is 0.478 e. The van der Waals surface area contributed by atoms with E-state index in [-0.39, 0.29) is 11.4 Å². The summed E-state index contributed by atoms with van der Waals surface area (Å²) in [6.45, 7) is 1.82. The van der Waals surface area contributed by atoms with Crippen LogP contribution >= 0.6 is 11.6 Å². The lowest BCUT2D eigenvalue weighted by Crippen LogP contribution is -2.12. The molecule has 4 aromatic rings. The van der Waals surface area contributed by atoms with Gasteiger partial charge in [0.25, 0.3) is 0 Å². The van der Waals surface area contributed by atoms with Gasteiger partial charge in [0.15, 0.2) is 0 Å². The van der Waals surface area contributed by atoms with Gasteiger partial charge in [0.1, 0.15) is 11.6 Å². The molecule has 36 heavy (non-hydrogen) atoms. The van der Waals surface area contributed by atoms with Crippen molar-refractivity contribution in [1.29, 1.82) is 0 Å². The van der Waals surface area contributed by atoms with Crippen LogP contribution in [0.5, 0.6) is 0 Å². The second kappa shape index (κ2) is 10.7. The molecule has 0 saturated heterocycles. The minimum atomic E-state index is -1.34. The van der Waals surface area contributed by atoms with Crippen LogP contribution in [0.25, 0.3) is 11.1 Å². The summed E-state index contributed by atoms with van der Waals surface area (Å²) in [5, 5.41) is 22.6. The Morgan fingerprint density at radius 1 is 0.972 bits per heavy atom. The molecule has 1 aromatic heterocycles. The molecule has 4 rings (SSSR count). The second-order valence-electron chi connectivity index (χ2n) is 8.28. The molecule has 0 aliphatic carbocycles. The molecule has 1 unspecified atom stereocenters. The number of carbonyl (C=O) groups is 1. The quantitative estimate of drug-likeness (QED) is 0.159. The van der Waals surface area contributed by atoms with Crippen molar-refractivity contribution in [3.05, 3.63) is 124 Å². The SMILES string of the molecule is Cc1cc(/C(CC(c2ccc(-c3ccc(C(=O)O)c(F)c3)cc2)c2ccc(Cl)cc2F)=N\O)ccn1. The monoisotopic (exact) mass is 506 g/mol. The zero-order valence-electron chi connectivity index (χ0n) is 19.1. The lowest BCUT2D eigenvalue weighted by atomic mass is 9.84. The highest BCUT2D eigenvalue weighted by molar-refractivity contribution is 6.30. The Morgan fingerprint density at radius 3 is 2.31 bits per heavy atom. The Kier molecular flexibility index (Phi) is 7.41. The van der Waals surface area contributed by atoms with Crippen LogP contribution in [0.2, 0.25) is 5.02 Å². The number of carboxylic acid groups (broad SMARTS) is 1. The molecular formula is C28H21ClF2N2O3. The summed E-state index contributed by atoms with van der Waals surface area (Å²) in [4.78, 5) is 15.3. The topological polar surface area (TPSA) is 82.8 Å². The molecule has 0 aliphatic rings. The van der Waals surface area contributed by atoms with E-state index in [2.05, 4.69) is 10.1 Å². The second-order valence-corrected chi connectivity index (χ2v) is 8.71. The maximum Gasteiger partial charge on any atom is 0.338 e. The fraction of sp³-hybridized carbons (Fsp3) is 0.107. The van der Waals surface area contributed by atoms with Gasteiger partial charge >= 0.3 is 5.97 Å². The minimum absolute atomic E-state index is 0.180. The van der Waals surface area contributed by atoms with Crippen LogP contribution in [0.4, 0.5) is 8.78 Å². The van der Waals surface area contributed by atoms with Gasteiger partial charge < -0.3 is 10.3 Å². The number of oxime groups is 1. The van der Waals surface area contributed by atoms with Gasteiger partial charge in [0, 0.05) is 34.8 Å². The number of aromatic carboxylic acids is 1. The summed E-state index contributed by atoms with van der Waals surface area (Å²) in [7, 11) is 0. The minimum Gasteiger partial charge on any atom is -0.478 e. The molecule has 0 amide bonds. The fourth-order valence-electron chi connectivity index (χ4n) is 4.10. The number of carboxylic acids is 1. The number of pyridine rings is 1. The van der Waals surface area contributed by atoms with E-state index in [1.807, 2.05) is 6.92 Å². The van der Waals surface area contributed by atoms with Crippen molar-refractivity contribution in [3.63, 3.8) is 0 Å². The van der Waals surface area contributed by atoms with Crippen molar-refractivity contribution in [2.75, 3.05) is 0 Å². The molecule has 8 heteroatoms. The van der Waals surface area contributed by atoms with Crippen LogP contribution < -0.4 is 0 Å². The van der Waals surface area contributed by atoms with Gasteiger partial charge in [-0.3, -0.25) is 4.98 Å². The third kappa shape index (κ3) is 5.42. The molecule has 3 aromatic carbocycles. The third-order valence-corrected chi connectivity index (χ3v) is 6.17. The lowest BCUT2D eigenvalue weighted by molar-refractivity contribution is 0.0692. The molecule has 1 heterocycles. The lowest BCUT2D eigenvalue weighted by Gasteiger charge is -2.20. The summed E-state index contributed by atoms with van der Waals surface area (Å²) >= 11 is 5.97. The van der Waals surface area contributed by atoms with Gasteiger partial charge in [-0.05, 0) is 65.6 Å². The molecule has 5 nitrogen and oxygen atoms in total. The number of rotatable bonds is 7. The number of aromatic nitrogens is 1. The van der Waals surface area contributed by atoms with Crippen LogP contribution in [0, 0.1) is 18.6 Å². The van der Waals surface area contributed by atoms with E-state index in [1.54, 1.807) is 54.7 Å². The maximum atomic E-state index is 15.0. The Morgan fingerprint density at radius 2 is 1.69 bits per heavy atom. The summed E-state index contributed by atoms with van der Waals surface area (Å²) in [5.74, 6) is -3.19. The molecule has 0 bridgehead atoms. The van der Waals surface area contributed by atoms with Crippen molar-refractivity contribution in [2.45, 2.75) is 19.3 Å². The molecule has 0 fully saturated rings. The van der Waals surface area contributed by atoms with Crippen LogP contribution in [-0.2, 0) is 0 Å². The van der Waals surface area contributed by atoms with E-state index in [1.165, 1.54) is 18.2 Å². The van der Waals surface area contributed by atoms with Gasteiger partial charge in [0.05, 0.1) is 11.3 Å². The van der Waals surface area contributed by atoms with E-state index < -0.39 is 29.1 Å². The predicted molar refractivity (Wildman–Crippen MR) is 134 cm³/mol. The zero-order valence-corrected chi connectivity index (χ0v) is 19.9. The number of hydrogen-bond acceptors (Lipinski definition) is 4. The first-order valence-corrected chi connectivity index (χ1v) is 11.4. The summed E-state index contributed by atoms with van der Waals surface area (Å²) in [6, 6.07) is 18.9. The van der Waals surface area contributed by atoms with Crippen molar-refractivity contribution >= 4 is 23.3 Å². The average molecular weight is 507 g/mol. The Hall–Kier alpha value is -4.10. The van der Waals surface area contributed by atoms with Gasteiger partial charge in [-0.2, -0.15) is 0 Å². The number of halogens is 3. The van der Waals surface area contributed by atoms with E-state index in [9.17, 15) is 14.4 Å². The highest BCUT2D eigenvalue weighted by atomic mass is 35.5. The van der Waals surface area contributed by atoms with E-state index in [4.69, 9.17) is 16.7 Å². The standard InChI is InChI=1S/C28H21ClF2N2O3/c1-16-12-20(10-11-32-16)27(33-36)15-24(22-9-7-21(29)14-26(22)31)18-4-2-17(3-5-18)19-6-8-23(28(34)35)25(30)13-19/h2-14,24,36H,15H2,1H3,(H,34,35)/b33-27-. The highest BCUT2D eigenvalue weighted by Crippen LogP contribution is 2.34. The van der Waals surface area contributed by atoms with Crippen LogP contribution in [0.1, 0.15) is 45.1 Å². The first-order chi connectivity index (χ1) is 17.3. The molecule has 2 N–H and O–H groups in total. The van der Waals surface area contributed by atoms with Crippen LogP contribution in [-0.4, -0.2) is 27.0 Å². The van der Waals surface area contributed by atoms with E-state index in [0.29, 0.717) is 28.0 Å². The normalized spacial score (nSPS) is 12.4. The smallest absolute Gasteiger partial charge is 0.338 e. The first kappa shape index (κ1) is 25.0. The number of benzene rings is 3. The van der Waals surface area contributed by atoms with E-state index in [0.717, 1.165) is 17.3 Å². The van der Waals surface area contributed by atoms with Crippen LogP contribution in [0.15, 0.2) is 84.1 Å². The average Bonchev–Trinajstić information content (AvgIpc) is 2.85. The fourth-order valence-corrected chi connectivity index (χ4v) is 4.26. The first-order valence-electron chi connectivity index (χ1n) is 11.0. The number of aryl methyl sites for hydroxylation is 1. The predicted octanol–water partition coefficient (Wildman–Crippen LogP) is 7.09. The molecule has 182 valence electrons. The van der Waals surface area contributed by atoms with Crippen molar-refractivity contribution in [2.24, 2.45) is 5.16 Å². The van der Waals surface area contributed by atoms with Gasteiger partial charge in [-0.15, -0.1) is 0 Å². The van der Waals surface area contributed by atoms with Crippen molar-refractivity contribution < 1.29 is 23.9 Å². The summed E-state index contributed by atoms with van der Waals surface area (Å²) < 4.78 is 29.2. The molecule has 0 radical (unpaired) electrons. The van der Waals surface area contributed by atoms with Gasteiger partial charge in [-0.25, -0.2) is 13.6 Å². The maximum absolute atomic E-state index is 15.0.